The van der Waals surface area contributed by atoms with Crippen molar-refractivity contribution in [2.45, 2.75) is 19.6 Å². The summed E-state index contributed by atoms with van der Waals surface area (Å²) >= 11 is 0. The Morgan fingerprint density at radius 2 is 1.73 bits per heavy atom. The van der Waals surface area contributed by atoms with Gasteiger partial charge >= 0.3 is 5.97 Å². The van der Waals surface area contributed by atoms with Gasteiger partial charge in [-0.3, -0.25) is 9.67 Å². The maximum atomic E-state index is 11.5. The number of rotatable bonds is 7. The second kappa shape index (κ2) is 12.0. The van der Waals surface area contributed by atoms with Crippen LogP contribution in [0.4, 0.5) is 0 Å². The first kappa shape index (κ1) is 23.4. The minimum Gasteiger partial charge on any atom is -0.465 e. The fraction of sp³-hybridized carbons (Fsp3) is 0.227. The van der Waals surface area contributed by atoms with Crippen LogP contribution < -0.4 is 10.6 Å². The normalized spacial score (nSPS) is 10.8. The van der Waals surface area contributed by atoms with Crippen molar-refractivity contribution in [1.82, 2.24) is 20.4 Å². The lowest BCUT2D eigenvalue weighted by molar-refractivity contribution is 0.0600. The third kappa shape index (κ3) is 6.58. The Bertz CT molecular complexity index is 956. The number of esters is 1. The maximum Gasteiger partial charge on any atom is 0.337 e. The molecule has 0 amide bonds. The largest absolute Gasteiger partial charge is 0.465 e. The second-order valence-electron chi connectivity index (χ2n) is 6.44. The van der Waals surface area contributed by atoms with Crippen molar-refractivity contribution in [1.29, 1.82) is 0 Å². The average Bonchev–Trinajstić information content (AvgIpc) is 3.28. The van der Waals surface area contributed by atoms with Crippen LogP contribution in [0, 0.1) is 0 Å². The van der Waals surface area contributed by atoms with Crippen molar-refractivity contribution in [2.75, 3.05) is 14.2 Å². The van der Waals surface area contributed by atoms with E-state index in [1.54, 1.807) is 25.4 Å². The first-order valence-corrected chi connectivity index (χ1v) is 9.35. The average molecular weight is 519 g/mol. The molecular formula is C22H26IN5O2. The van der Waals surface area contributed by atoms with Crippen LogP contribution in [0.25, 0.3) is 0 Å². The smallest absolute Gasteiger partial charge is 0.337 e. The van der Waals surface area contributed by atoms with Crippen LogP contribution in [-0.2, 0) is 24.4 Å². The molecule has 0 radical (unpaired) electrons. The fourth-order valence-electron chi connectivity index (χ4n) is 2.91. The molecule has 0 unspecified atom stereocenters. The predicted molar refractivity (Wildman–Crippen MR) is 128 cm³/mol. The Morgan fingerprint density at radius 3 is 2.37 bits per heavy atom. The van der Waals surface area contributed by atoms with Gasteiger partial charge in [0.1, 0.15) is 0 Å². The van der Waals surface area contributed by atoms with E-state index in [0.717, 1.165) is 12.1 Å². The zero-order valence-corrected chi connectivity index (χ0v) is 19.4. The number of aromatic nitrogens is 2. The lowest BCUT2D eigenvalue weighted by Crippen LogP contribution is -2.36. The molecule has 0 spiro atoms. The van der Waals surface area contributed by atoms with Gasteiger partial charge in [0.15, 0.2) is 5.96 Å². The topological polar surface area (TPSA) is 80.5 Å². The molecule has 158 valence electrons. The number of nitrogens with one attached hydrogen (secondary N) is 2. The van der Waals surface area contributed by atoms with Crippen LogP contribution in [0.1, 0.15) is 27.0 Å². The molecule has 2 N–H and O–H groups in total. The molecule has 0 aliphatic carbocycles. The molecule has 0 aliphatic heterocycles. The zero-order chi connectivity index (χ0) is 20.5. The van der Waals surface area contributed by atoms with Crippen LogP contribution in [0.15, 0.2) is 72.0 Å². The Kier molecular flexibility index (Phi) is 9.33. The molecule has 8 heteroatoms. The number of carbonyl (C=O) groups excluding carboxylic acids is 1. The van der Waals surface area contributed by atoms with Crippen LogP contribution in [-0.4, -0.2) is 35.9 Å². The molecule has 30 heavy (non-hydrogen) atoms. The zero-order valence-electron chi connectivity index (χ0n) is 17.0. The fourth-order valence-corrected chi connectivity index (χ4v) is 2.91. The molecule has 0 atom stereocenters. The quantitative estimate of drug-likeness (QED) is 0.217. The number of benzene rings is 2. The Morgan fingerprint density at radius 1 is 1.03 bits per heavy atom. The van der Waals surface area contributed by atoms with Gasteiger partial charge in [-0.15, -0.1) is 24.0 Å². The van der Waals surface area contributed by atoms with Gasteiger partial charge in [0.05, 0.1) is 19.2 Å². The predicted octanol–water partition coefficient (Wildman–Crippen LogP) is 3.20. The number of carbonyl (C=O) groups is 1. The molecule has 0 saturated heterocycles. The van der Waals surface area contributed by atoms with Crippen molar-refractivity contribution < 1.29 is 9.53 Å². The summed E-state index contributed by atoms with van der Waals surface area (Å²) in [6.45, 7) is 1.97. The Labute approximate surface area is 193 Å². The first-order valence-electron chi connectivity index (χ1n) is 9.35. The summed E-state index contributed by atoms with van der Waals surface area (Å²) in [7, 11) is 3.12. The summed E-state index contributed by atoms with van der Waals surface area (Å²) in [5.41, 5.74) is 3.97. The molecule has 1 aromatic heterocycles. The van der Waals surface area contributed by atoms with Gasteiger partial charge in [-0.1, -0.05) is 36.4 Å². The van der Waals surface area contributed by atoms with Crippen molar-refractivity contribution in [3.63, 3.8) is 0 Å². The van der Waals surface area contributed by atoms with E-state index in [-0.39, 0.29) is 29.9 Å². The van der Waals surface area contributed by atoms with Gasteiger partial charge in [-0.05, 0) is 34.9 Å². The van der Waals surface area contributed by atoms with Gasteiger partial charge in [-0.2, -0.15) is 5.10 Å². The highest BCUT2D eigenvalue weighted by Gasteiger charge is 2.06. The lowest BCUT2D eigenvalue weighted by Gasteiger charge is -2.14. The van der Waals surface area contributed by atoms with E-state index in [1.165, 1.54) is 18.2 Å². The highest BCUT2D eigenvalue weighted by molar-refractivity contribution is 14.0. The number of halogens is 1. The van der Waals surface area contributed by atoms with Gasteiger partial charge in [0, 0.05) is 32.5 Å². The van der Waals surface area contributed by atoms with E-state index in [1.807, 2.05) is 41.2 Å². The van der Waals surface area contributed by atoms with Gasteiger partial charge in [0.25, 0.3) is 0 Å². The van der Waals surface area contributed by atoms with Gasteiger partial charge in [0.2, 0.25) is 0 Å². The molecule has 0 saturated carbocycles. The van der Waals surface area contributed by atoms with Crippen LogP contribution in [0.3, 0.4) is 0 Å². The number of guanidine groups is 1. The summed E-state index contributed by atoms with van der Waals surface area (Å²) in [6.07, 6.45) is 3.74. The minimum atomic E-state index is -0.337. The van der Waals surface area contributed by atoms with E-state index < -0.39 is 0 Å². The van der Waals surface area contributed by atoms with Crippen LogP contribution in [0.5, 0.6) is 0 Å². The monoisotopic (exact) mass is 519 g/mol. The molecule has 0 fully saturated rings. The molecule has 3 aromatic rings. The Balaban J connectivity index is 0.00000320. The number of aliphatic imine (C=N–C) groups is 1. The van der Waals surface area contributed by atoms with E-state index in [0.29, 0.717) is 24.6 Å². The molecule has 3 rings (SSSR count). The summed E-state index contributed by atoms with van der Waals surface area (Å²) in [6, 6.07) is 17.5. The van der Waals surface area contributed by atoms with Crippen molar-refractivity contribution >= 4 is 35.9 Å². The molecule has 2 aromatic carbocycles. The highest BCUT2D eigenvalue weighted by atomic mass is 127. The standard InChI is InChI=1S/C22H25N5O2.HI/c1-23-22(24-14-17-8-10-18(11-9-17)21(28)29-2)25-15-19-6-3-4-7-20(19)16-27-13-5-12-26-27;/h3-13H,14-16H2,1-2H3,(H2,23,24,25);1H. The molecule has 0 aliphatic rings. The maximum absolute atomic E-state index is 11.5. The SMILES string of the molecule is CN=C(NCc1ccc(C(=O)OC)cc1)NCc1ccccc1Cn1cccn1.I. The third-order valence-corrected chi connectivity index (χ3v) is 4.51. The van der Waals surface area contributed by atoms with Crippen LogP contribution in [0.2, 0.25) is 0 Å². The lowest BCUT2D eigenvalue weighted by atomic mass is 10.1. The molecule has 7 nitrogen and oxygen atoms in total. The first-order chi connectivity index (χ1) is 14.2. The second-order valence-corrected chi connectivity index (χ2v) is 6.44. The molecular weight excluding hydrogens is 493 g/mol. The van der Waals surface area contributed by atoms with Gasteiger partial charge in [-0.25, -0.2) is 4.79 Å². The van der Waals surface area contributed by atoms with E-state index in [4.69, 9.17) is 4.74 Å². The van der Waals surface area contributed by atoms with E-state index in [2.05, 4.69) is 32.9 Å². The van der Waals surface area contributed by atoms with Gasteiger partial charge < -0.3 is 15.4 Å². The van der Waals surface area contributed by atoms with Crippen molar-refractivity contribution in [3.8, 4) is 0 Å². The summed E-state index contributed by atoms with van der Waals surface area (Å²) < 4.78 is 6.63. The summed E-state index contributed by atoms with van der Waals surface area (Å²) in [5, 5.41) is 10.9. The number of methoxy groups -OCH3 is 1. The van der Waals surface area contributed by atoms with Crippen molar-refractivity contribution in [2.24, 2.45) is 4.99 Å². The van der Waals surface area contributed by atoms with E-state index >= 15 is 0 Å². The number of ether oxygens (including phenoxy) is 1. The van der Waals surface area contributed by atoms with E-state index in [9.17, 15) is 4.79 Å². The molecule has 1 heterocycles. The highest BCUT2D eigenvalue weighted by Crippen LogP contribution is 2.10. The van der Waals surface area contributed by atoms with Crippen LogP contribution >= 0.6 is 24.0 Å². The minimum absolute atomic E-state index is 0. The number of nitrogens with zero attached hydrogens (tertiary/aromatic N) is 3. The van der Waals surface area contributed by atoms with Crippen molar-refractivity contribution in [3.05, 3.63) is 89.2 Å². The third-order valence-electron chi connectivity index (χ3n) is 4.51. The number of hydrogen-bond donors (Lipinski definition) is 2. The summed E-state index contributed by atoms with van der Waals surface area (Å²) in [4.78, 5) is 15.8. The number of hydrogen-bond acceptors (Lipinski definition) is 4. The summed E-state index contributed by atoms with van der Waals surface area (Å²) in [5.74, 6) is 0.367. The Hall–Kier alpha value is -2.88. The molecule has 0 bridgehead atoms.